The van der Waals surface area contributed by atoms with Crippen LogP contribution in [0.2, 0.25) is 0 Å². The van der Waals surface area contributed by atoms with Crippen LogP contribution in [-0.4, -0.2) is 34.3 Å². The topological polar surface area (TPSA) is 96.3 Å². The highest BCUT2D eigenvalue weighted by Gasteiger charge is 2.41. The van der Waals surface area contributed by atoms with Crippen molar-refractivity contribution in [3.8, 4) is 10.4 Å². The minimum absolute atomic E-state index is 0.0261. The SMILES string of the molecule is CC1(C)CC(NC(=O)Nc2ccc(-c3cnns3)cc2)CC(C)(CN=C=O)C1. The largest absolute Gasteiger partial charge is 0.335 e. The number of carbonyl (C=O) groups excluding carboxylic acids is 2. The van der Waals surface area contributed by atoms with Crippen LogP contribution in [0.5, 0.6) is 0 Å². The van der Waals surface area contributed by atoms with Crippen molar-refractivity contribution in [2.75, 3.05) is 11.9 Å². The number of anilines is 1. The van der Waals surface area contributed by atoms with Crippen LogP contribution < -0.4 is 10.6 Å². The molecule has 2 aromatic rings. The summed E-state index contributed by atoms with van der Waals surface area (Å²) in [5, 5.41) is 9.82. The summed E-state index contributed by atoms with van der Waals surface area (Å²) in [4.78, 5) is 27.8. The maximum Gasteiger partial charge on any atom is 0.319 e. The highest BCUT2D eigenvalue weighted by Crippen LogP contribution is 2.46. The van der Waals surface area contributed by atoms with Crippen molar-refractivity contribution in [1.82, 2.24) is 14.9 Å². The van der Waals surface area contributed by atoms with Gasteiger partial charge >= 0.3 is 6.03 Å². The van der Waals surface area contributed by atoms with Crippen molar-refractivity contribution in [3.63, 3.8) is 0 Å². The molecule has 1 heterocycles. The predicted octanol–water partition coefficient (Wildman–Crippen LogP) is 4.25. The van der Waals surface area contributed by atoms with Gasteiger partial charge in [0.25, 0.3) is 0 Å². The van der Waals surface area contributed by atoms with Crippen molar-refractivity contribution in [3.05, 3.63) is 30.5 Å². The van der Waals surface area contributed by atoms with E-state index in [4.69, 9.17) is 0 Å². The van der Waals surface area contributed by atoms with Gasteiger partial charge in [0.15, 0.2) is 0 Å². The number of nitrogens with one attached hydrogen (secondary N) is 2. The van der Waals surface area contributed by atoms with E-state index in [-0.39, 0.29) is 22.9 Å². The summed E-state index contributed by atoms with van der Waals surface area (Å²) in [5.41, 5.74) is 1.68. The molecule has 1 aromatic heterocycles. The number of rotatable bonds is 5. The van der Waals surface area contributed by atoms with E-state index in [1.165, 1.54) is 11.5 Å². The zero-order valence-corrected chi connectivity index (χ0v) is 17.2. The molecule has 0 radical (unpaired) electrons. The number of carbonyl (C=O) groups is 1. The molecule has 2 atom stereocenters. The molecule has 1 saturated carbocycles. The number of isocyanates is 1. The maximum absolute atomic E-state index is 12.5. The molecule has 3 rings (SSSR count). The number of hydrogen-bond acceptors (Lipinski definition) is 6. The number of aliphatic imine (C=N–C) groups is 1. The Bertz CT molecular complexity index is 859. The van der Waals surface area contributed by atoms with Gasteiger partial charge < -0.3 is 10.6 Å². The molecule has 8 heteroatoms. The summed E-state index contributed by atoms with van der Waals surface area (Å²) >= 11 is 1.33. The van der Waals surface area contributed by atoms with Crippen LogP contribution in [0.15, 0.2) is 35.5 Å². The Morgan fingerprint density at radius 2 is 2.04 bits per heavy atom. The van der Waals surface area contributed by atoms with Gasteiger partial charge in [0.05, 0.1) is 17.6 Å². The zero-order chi connectivity index (χ0) is 20.2. The lowest BCUT2D eigenvalue weighted by Crippen LogP contribution is -2.48. The summed E-state index contributed by atoms with van der Waals surface area (Å²) in [6.07, 6.45) is 5.99. The van der Waals surface area contributed by atoms with Crippen molar-refractivity contribution in [1.29, 1.82) is 0 Å². The average molecular weight is 400 g/mol. The van der Waals surface area contributed by atoms with E-state index in [9.17, 15) is 9.59 Å². The summed E-state index contributed by atoms with van der Waals surface area (Å²) < 4.78 is 3.86. The summed E-state index contributed by atoms with van der Waals surface area (Å²) in [7, 11) is 0. The highest BCUT2D eigenvalue weighted by atomic mass is 32.1. The second-order valence-corrected chi connectivity index (χ2v) is 9.41. The third kappa shape index (κ3) is 5.24. The van der Waals surface area contributed by atoms with Crippen molar-refractivity contribution < 1.29 is 9.59 Å². The van der Waals surface area contributed by atoms with Gasteiger partial charge in [-0.05, 0) is 59.3 Å². The minimum Gasteiger partial charge on any atom is -0.335 e. The Kier molecular flexibility index (Phi) is 5.91. The standard InChI is InChI=1S/C20H25N5O2S/c1-19(2)8-16(9-20(3,11-19)12-21-13-26)24-18(27)23-15-6-4-14(5-7-15)17-10-22-25-28-17/h4-7,10,16H,8-9,11-12H2,1-3H3,(H2,23,24,27). The second-order valence-electron chi connectivity index (χ2n) is 8.62. The van der Waals surface area contributed by atoms with Crippen LogP contribution in [0.1, 0.15) is 40.0 Å². The predicted molar refractivity (Wildman–Crippen MR) is 110 cm³/mol. The molecule has 0 bridgehead atoms. The highest BCUT2D eigenvalue weighted by molar-refractivity contribution is 7.09. The lowest BCUT2D eigenvalue weighted by molar-refractivity contribution is 0.0815. The zero-order valence-electron chi connectivity index (χ0n) is 16.4. The smallest absolute Gasteiger partial charge is 0.319 e. The van der Waals surface area contributed by atoms with Gasteiger partial charge in [-0.3, -0.25) is 0 Å². The lowest BCUT2D eigenvalue weighted by Gasteiger charge is -2.46. The van der Waals surface area contributed by atoms with E-state index >= 15 is 0 Å². The maximum atomic E-state index is 12.5. The first-order valence-electron chi connectivity index (χ1n) is 9.28. The molecular formula is C20H25N5O2S. The Morgan fingerprint density at radius 1 is 1.29 bits per heavy atom. The van der Waals surface area contributed by atoms with E-state index in [1.54, 1.807) is 12.3 Å². The number of aromatic nitrogens is 2. The molecule has 2 amide bonds. The van der Waals surface area contributed by atoms with E-state index in [0.717, 1.165) is 35.4 Å². The van der Waals surface area contributed by atoms with E-state index in [1.807, 2.05) is 24.3 Å². The molecule has 28 heavy (non-hydrogen) atoms. The molecule has 7 nitrogen and oxygen atoms in total. The van der Waals surface area contributed by atoms with Crippen LogP contribution in [0.25, 0.3) is 10.4 Å². The Balaban J connectivity index is 1.61. The molecule has 0 aliphatic heterocycles. The van der Waals surface area contributed by atoms with Gasteiger partial charge in [0.2, 0.25) is 6.08 Å². The van der Waals surface area contributed by atoms with Gasteiger partial charge in [-0.15, -0.1) is 5.10 Å². The minimum atomic E-state index is -0.226. The molecule has 1 aliphatic rings. The summed E-state index contributed by atoms with van der Waals surface area (Å²) in [5.74, 6) is 0. The first-order valence-corrected chi connectivity index (χ1v) is 10.0. The molecule has 2 N–H and O–H groups in total. The van der Waals surface area contributed by atoms with Gasteiger partial charge in [-0.1, -0.05) is 37.4 Å². The molecule has 1 fully saturated rings. The normalized spacial score (nSPS) is 23.5. The molecule has 0 saturated heterocycles. The van der Waals surface area contributed by atoms with Crippen molar-refractivity contribution in [2.45, 2.75) is 46.1 Å². The third-order valence-corrected chi connectivity index (χ3v) is 5.81. The van der Waals surface area contributed by atoms with Crippen LogP contribution in [0.4, 0.5) is 10.5 Å². The number of benzene rings is 1. The number of urea groups is 1. The first-order chi connectivity index (χ1) is 13.3. The molecular weight excluding hydrogens is 374 g/mol. The molecule has 2 unspecified atom stereocenters. The second kappa shape index (κ2) is 8.20. The fourth-order valence-electron chi connectivity index (χ4n) is 4.44. The summed E-state index contributed by atoms with van der Waals surface area (Å²) in [6.45, 7) is 6.94. The van der Waals surface area contributed by atoms with Gasteiger partial charge in [-0.25, -0.2) is 14.6 Å². The van der Waals surface area contributed by atoms with E-state index < -0.39 is 0 Å². The van der Waals surface area contributed by atoms with E-state index in [2.05, 4.69) is 46.0 Å². The average Bonchev–Trinajstić information content (AvgIpc) is 3.13. The van der Waals surface area contributed by atoms with Gasteiger partial charge in [0, 0.05) is 11.7 Å². The molecule has 1 aromatic carbocycles. The van der Waals surface area contributed by atoms with Crippen LogP contribution in [0.3, 0.4) is 0 Å². The number of hydrogen-bond donors (Lipinski definition) is 2. The third-order valence-electron chi connectivity index (χ3n) is 5.09. The van der Waals surface area contributed by atoms with Crippen LogP contribution >= 0.6 is 11.5 Å². The van der Waals surface area contributed by atoms with Crippen LogP contribution in [0, 0.1) is 10.8 Å². The fraction of sp³-hybridized carbons (Fsp3) is 0.500. The number of amides is 2. The fourth-order valence-corrected chi connectivity index (χ4v) is 4.96. The molecule has 148 valence electrons. The Labute approximate surface area is 168 Å². The number of nitrogens with zero attached hydrogens (tertiary/aromatic N) is 3. The Morgan fingerprint density at radius 3 is 2.68 bits per heavy atom. The van der Waals surface area contributed by atoms with Crippen LogP contribution in [-0.2, 0) is 4.79 Å². The lowest BCUT2D eigenvalue weighted by atomic mass is 9.62. The quantitative estimate of drug-likeness (QED) is 0.580. The molecule has 0 spiro atoms. The van der Waals surface area contributed by atoms with Gasteiger partial charge in [-0.2, -0.15) is 0 Å². The first kappa shape index (κ1) is 20.2. The monoisotopic (exact) mass is 399 g/mol. The van der Waals surface area contributed by atoms with Crippen molar-refractivity contribution in [2.24, 2.45) is 15.8 Å². The summed E-state index contributed by atoms with van der Waals surface area (Å²) in [6, 6.07) is 7.39. The Hall–Kier alpha value is -2.57. The van der Waals surface area contributed by atoms with Gasteiger partial charge in [0.1, 0.15) is 0 Å². The van der Waals surface area contributed by atoms with E-state index in [0.29, 0.717) is 6.54 Å². The molecule has 1 aliphatic carbocycles. The van der Waals surface area contributed by atoms with Crippen molar-refractivity contribution >= 4 is 29.3 Å².